The Morgan fingerprint density at radius 1 is 1.75 bits per heavy atom. The van der Waals surface area contributed by atoms with Crippen LogP contribution in [0.1, 0.15) is 12.5 Å². The molecule has 1 aromatic rings. The van der Waals surface area contributed by atoms with Gasteiger partial charge in [0.25, 0.3) is 0 Å². The predicted octanol–water partition coefficient (Wildman–Crippen LogP) is 1.01. The lowest BCUT2D eigenvalue weighted by Crippen LogP contribution is -2.36. The molecule has 0 aliphatic heterocycles. The minimum atomic E-state index is -0.689. The summed E-state index contributed by atoms with van der Waals surface area (Å²) in [7, 11) is 0. The Morgan fingerprint density at radius 3 is 2.92 bits per heavy atom. The summed E-state index contributed by atoms with van der Waals surface area (Å²) >= 11 is 3.24. The standard InChI is InChI=1S/C8H11BrN2O/c1-8(10,5-12)6-2-3-11-7(9)4-6/h2-4,12H,5,10H2,1H3. The molecule has 1 heterocycles. The molecule has 1 aromatic heterocycles. The highest BCUT2D eigenvalue weighted by molar-refractivity contribution is 9.10. The molecule has 0 radical (unpaired) electrons. The highest BCUT2D eigenvalue weighted by Crippen LogP contribution is 2.18. The van der Waals surface area contributed by atoms with Crippen molar-refractivity contribution < 1.29 is 5.11 Å². The first-order chi connectivity index (χ1) is 5.56. The molecule has 0 aliphatic rings. The zero-order valence-corrected chi connectivity index (χ0v) is 8.37. The molecular weight excluding hydrogens is 220 g/mol. The third-order valence-corrected chi connectivity index (χ3v) is 2.15. The van der Waals surface area contributed by atoms with E-state index in [0.717, 1.165) is 10.2 Å². The van der Waals surface area contributed by atoms with Crippen LogP contribution in [0.4, 0.5) is 0 Å². The number of hydrogen-bond acceptors (Lipinski definition) is 3. The Balaban J connectivity index is 3.03. The van der Waals surface area contributed by atoms with E-state index in [1.807, 2.05) is 0 Å². The third kappa shape index (κ3) is 2.03. The van der Waals surface area contributed by atoms with Crippen LogP contribution >= 0.6 is 15.9 Å². The highest BCUT2D eigenvalue weighted by Gasteiger charge is 2.19. The van der Waals surface area contributed by atoms with E-state index in [0.29, 0.717) is 0 Å². The summed E-state index contributed by atoms with van der Waals surface area (Å²) in [5.41, 5.74) is 5.99. The molecule has 0 amide bonds. The number of rotatable bonds is 2. The molecule has 0 saturated heterocycles. The summed E-state index contributed by atoms with van der Waals surface area (Å²) in [4.78, 5) is 3.97. The van der Waals surface area contributed by atoms with Crippen LogP contribution in [-0.2, 0) is 5.54 Å². The number of nitrogens with zero attached hydrogens (tertiary/aromatic N) is 1. The van der Waals surface area contributed by atoms with E-state index in [1.165, 1.54) is 0 Å². The maximum atomic E-state index is 8.98. The quantitative estimate of drug-likeness (QED) is 0.747. The minimum absolute atomic E-state index is 0.0799. The lowest BCUT2D eigenvalue weighted by molar-refractivity contribution is 0.210. The van der Waals surface area contributed by atoms with Crippen LogP contribution in [0.3, 0.4) is 0 Å². The number of halogens is 1. The summed E-state index contributed by atoms with van der Waals surface area (Å²) in [6, 6.07) is 3.59. The second kappa shape index (κ2) is 3.51. The number of hydrogen-bond donors (Lipinski definition) is 2. The molecule has 1 atom stereocenters. The van der Waals surface area contributed by atoms with Gasteiger partial charge in [-0.15, -0.1) is 0 Å². The number of pyridine rings is 1. The summed E-state index contributed by atoms with van der Waals surface area (Å²) in [5.74, 6) is 0. The zero-order valence-electron chi connectivity index (χ0n) is 6.79. The van der Waals surface area contributed by atoms with Gasteiger partial charge in [-0.3, -0.25) is 0 Å². The van der Waals surface area contributed by atoms with E-state index in [9.17, 15) is 0 Å². The molecule has 3 N–H and O–H groups in total. The van der Waals surface area contributed by atoms with E-state index in [-0.39, 0.29) is 6.61 Å². The first kappa shape index (κ1) is 9.64. The fraction of sp³-hybridized carbons (Fsp3) is 0.375. The van der Waals surface area contributed by atoms with Crippen molar-refractivity contribution in [1.29, 1.82) is 0 Å². The number of aromatic nitrogens is 1. The number of aliphatic hydroxyl groups is 1. The molecule has 0 aliphatic carbocycles. The second-order valence-electron chi connectivity index (χ2n) is 2.94. The molecule has 0 fully saturated rings. The normalized spacial score (nSPS) is 15.7. The van der Waals surface area contributed by atoms with Gasteiger partial charge >= 0.3 is 0 Å². The molecular formula is C8H11BrN2O. The van der Waals surface area contributed by atoms with Crippen LogP contribution in [-0.4, -0.2) is 16.7 Å². The molecule has 66 valence electrons. The number of aliphatic hydroxyl groups excluding tert-OH is 1. The van der Waals surface area contributed by atoms with Gasteiger partial charge in [-0.25, -0.2) is 4.98 Å². The molecule has 0 aromatic carbocycles. The monoisotopic (exact) mass is 230 g/mol. The Kier molecular flexibility index (Phi) is 2.82. The fourth-order valence-corrected chi connectivity index (χ4v) is 1.21. The van der Waals surface area contributed by atoms with Crippen LogP contribution in [0.2, 0.25) is 0 Å². The second-order valence-corrected chi connectivity index (χ2v) is 3.76. The number of nitrogens with two attached hydrogens (primary N) is 1. The van der Waals surface area contributed by atoms with Crippen molar-refractivity contribution in [2.24, 2.45) is 5.73 Å². The highest BCUT2D eigenvalue weighted by atomic mass is 79.9. The Hall–Kier alpha value is -0.450. The van der Waals surface area contributed by atoms with E-state index in [1.54, 1.807) is 25.3 Å². The molecule has 1 rings (SSSR count). The predicted molar refractivity (Wildman–Crippen MR) is 50.6 cm³/mol. The first-order valence-electron chi connectivity index (χ1n) is 3.58. The van der Waals surface area contributed by atoms with Crippen molar-refractivity contribution in [3.63, 3.8) is 0 Å². The smallest absolute Gasteiger partial charge is 0.106 e. The lowest BCUT2D eigenvalue weighted by atomic mass is 9.96. The Labute approximate surface area is 79.7 Å². The maximum absolute atomic E-state index is 8.98. The van der Waals surface area contributed by atoms with Crippen molar-refractivity contribution in [2.75, 3.05) is 6.61 Å². The van der Waals surface area contributed by atoms with Crippen LogP contribution in [0.15, 0.2) is 22.9 Å². The van der Waals surface area contributed by atoms with Gasteiger partial charge in [0.2, 0.25) is 0 Å². The SMILES string of the molecule is CC(N)(CO)c1ccnc(Br)c1. The average molecular weight is 231 g/mol. The van der Waals surface area contributed by atoms with Crippen molar-refractivity contribution in [3.8, 4) is 0 Å². The van der Waals surface area contributed by atoms with Gasteiger partial charge in [-0.05, 0) is 40.5 Å². The molecule has 12 heavy (non-hydrogen) atoms. The summed E-state index contributed by atoms with van der Waals surface area (Å²) in [6.45, 7) is 1.69. The van der Waals surface area contributed by atoms with Gasteiger partial charge < -0.3 is 10.8 Å². The van der Waals surface area contributed by atoms with Gasteiger partial charge in [0, 0.05) is 6.20 Å². The van der Waals surface area contributed by atoms with Gasteiger partial charge in [0.1, 0.15) is 4.60 Å². The molecule has 4 heteroatoms. The van der Waals surface area contributed by atoms with Crippen LogP contribution in [0.5, 0.6) is 0 Å². The van der Waals surface area contributed by atoms with E-state index in [2.05, 4.69) is 20.9 Å². The first-order valence-corrected chi connectivity index (χ1v) is 4.37. The van der Waals surface area contributed by atoms with Crippen molar-refractivity contribution in [3.05, 3.63) is 28.5 Å². The van der Waals surface area contributed by atoms with Crippen molar-refractivity contribution in [2.45, 2.75) is 12.5 Å². The van der Waals surface area contributed by atoms with Crippen LogP contribution in [0, 0.1) is 0 Å². The zero-order chi connectivity index (χ0) is 9.19. The van der Waals surface area contributed by atoms with Gasteiger partial charge in [-0.1, -0.05) is 0 Å². The van der Waals surface area contributed by atoms with Crippen molar-refractivity contribution >= 4 is 15.9 Å². The van der Waals surface area contributed by atoms with E-state index < -0.39 is 5.54 Å². The molecule has 1 unspecified atom stereocenters. The van der Waals surface area contributed by atoms with Crippen LogP contribution < -0.4 is 5.73 Å². The minimum Gasteiger partial charge on any atom is -0.394 e. The maximum Gasteiger partial charge on any atom is 0.106 e. The summed E-state index contributed by atoms with van der Waals surface area (Å²) < 4.78 is 0.727. The Bertz CT molecular complexity index is 276. The summed E-state index contributed by atoms with van der Waals surface area (Å²) in [6.07, 6.45) is 1.65. The largest absolute Gasteiger partial charge is 0.394 e. The van der Waals surface area contributed by atoms with Gasteiger partial charge in [0.15, 0.2) is 0 Å². The van der Waals surface area contributed by atoms with E-state index >= 15 is 0 Å². The molecule has 0 spiro atoms. The molecule has 3 nitrogen and oxygen atoms in total. The third-order valence-electron chi connectivity index (χ3n) is 1.71. The molecule has 0 bridgehead atoms. The van der Waals surface area contributed by atoms with Gasteiger partial charge in [0.05, 0.1) is 12.1 Å². The topological polar surface area (TPSA) is 59.1 Å². The summed E-state index contributed by atoms with van der Waals surface area (Å²) in [5, 5.41) is 8.98. The average Bonchev–Trinajstić information content (AvgIpc) is 2.05. The van der Waals surface area contributed by atoms with E-state index in [4.69, 9.17) is 10.8 Å². The lowest BCUT2D eigenvalue weighted by Gasteiger charge is -2.21. The fourth-order valence-electron chi connectivity index (χ4n) is 0.849. The van der Waals surface area contributed by atoms with Crippen LogP contribution in [0.25, 0.3) is 0 Å². The Morgan fingerprint density at radius 2 is 2.42 bits per heavy atom. The van der Waals surface area contributed by atoms with Gasteiger partial charge in [-0.2, -0.15) is 0 Å². The molecule has 0 saturated carbocycles. The van der Waals surface area contributed by atoms with Crippen molar-refractivity contribution in [1.82, 2.24) is 4.98 Å².